The minimum Gasteiger partial charge on any atom is -0.325 e. The fraction of sp³-hybridized carbons (Fsp3) is 0.929. The molecule has 0 atom stereocenters. The van der Waals surface area contributed by atoms with Gasteiger partial charge in [-0.05, 0) is 18.8 Å². The summed E-state index contributed by atoms with van der Waals surface area (Å²) < 4.78 is 0. The molecule has 5 heteroatoms. The zero-order chi connectivity index (χ0) is 13.2. The van der Waals surface area contributed by atoms with Gasteiger partial charge in [-0.1, -0.05) is 6.92 Å². The molecule has 0 unspecified atom stereocenters. The zero-order valence-electron chi connectivity index (χ0n) is 12.0. The number of urea groups is 1. The van der Waals surface area contributed by atoms with Crippen LogP contribution in [0.5, 0.6) is 0 Å². The SMILES string of the molecule is CC1CCN(C(=O)N2CC(N3CCNCC3)C2)CC1. The highest BCUT2D eigenvalue weighted by Crippen LogP contribution is 2.21. The molecular weight excluding hydrogens is 240 g/mol. The summed E-state index contributed by atoms with van der Waals surface area (Å²) in [5, 5.41) is 3.38. The topological polar surface area (TPSA) is 38.8 Å². The second-order valence-corrected chi connectivity index (χ2v) is 6.30. The average Bonchev–Trinajstić information content (AvgIpc) is 2.39. The Kier molecular flexibility index (Phi) is 3.93. The van der Waals surface area contributed by atoms with Crippen molar-refractivity contribution in [3.63, 3.8) is 0 Å². The van der Waals surface area contributed by atoms with Crippen molar-refractivity contribution < 1.29 is 4.79 Å². The normalized spacial score (nSPS) is 27.4. The standard InChI is InChI=1S/C14H26N4O/c1-12-2-6-17(7-3-12)14(19)18-10-13(11-18)16-8-4-15-5-9-16/h12-13,15H,2-11H2,1H3. The molecule has 5 nitrogen and oxygen atoms in total. The Morgan fingerprint density at radius 1 is 1.00 bits per heavy atom. The molecule has 0 saturated carbocycles. The fourth-order valence-corrected chi connectivity index (χ4v) is 3.29. The van der Waals surface area contributed by atoms with Gasteiger partial charge in [-0.25, -0.2) is 4.79 Å². The summed E-state index contributed by atoms with van der Waals surface area (Å²) in [4.78, 5) is 18.9. The quantitative estimate of drug-likeness (QED) is 0.748. The lowest BCUT2D eigenvalue weighted by Crippen LogP contribution is -2.65. The molecule has 1 N–H and O–H groups in total. The van der Waals surface area contributed by atoms with Crippen LogP contribution in [0.1, 0.15) is 19.8 Å². The Labute approximate surface area is 115 Å². The van der Waals surface area contributed by atoms with E-state index in [9.17, 15) is 4.79 Å². The van der Waals surface area contributed by atoms with E-state index < -0.39 is 0 Å². The molecule has 0 aromatic rings. The zero-order valence-corrected chi connectivity index (χ0v) is 12.0. The monoisotopic (exact) mass is 266 g/mol. The van der Waals surface area contributed by atoms with Crippen molar-refractivity contribution in [1.82, 2.24) is 20.0 Å². The number of hydrogen-bond donors (Lipinski definition) is 1. The van der Waals surface area contributed by atoms with Gasteiger partial charge >= 0.3 is 6.03 Å². The third-order valence-electron chi connectivity index (χ3n) is 4.85. The number of likely N-dealkylation sites (tertiary alicyclic amines) is 2. The Morgan fingerprint density at radius 3 is 2.26 bits per heavy atom. The number of rotatable bonds is 1. The molecule has 3 heterocycles. The molecule has 3 saturated heterocycles. The number of piperazine rings is 1. The lowest BCUT2D eigenvalue weighted by atomic mass is 9.99. The van der Waals surface area contributed by atoms with Crippen molar-refractivity contribution >= 4 is 6.03 Å². The first-order valence-electron chi connectivity index (χ1n) is 7.72. The second-order valence-electron chi connectivity index (χ2n) is 6.30. The summed E-state index contributed by atoms with van der Waals surface area (Å²) in [6, 6.07) is 0.882. The highest BCUT2D eigenvalue weighted by Gasteiger charge is 2.37. The van der Waals surface area contributed by atoms with E-state index in [-0.39, 0.29) is 6.03 Å². The summed E-state index contributed by atoms with van der Waals surface area (Å²) in [5.74, 6) is 0.786. The van der Waals surface area contributed by atoms with Gasteiger partial charge in [0.25, 0.3) is 0 Å². The largest absolute Gasteiger partial charge is 0.325 e. The van der Waals surface area contributed by atoms with Gasteiger partial charge in [-0.15, -0.1) is 0 Å². The van der Waals surface area contributed by atoms with Gasteiger partial charge in [0.1, 0.15) is 0 Å². The van der Waals surface area contributed by atoms with E-state index in [0.717, 1.165) is 58.3 Å². The van der Waals surface area contributed by atoms with Gasteiger partial charge < -0.3 is 15.1 Å². The first-order valence-corrected chi connectivity index (χ1v) is 7.72. The molecule has 0 spiro atoms. The van der Waals surface area contributed by atoms with E-state index in [2.05, 4.69) is 17.1 Å². The highest BCUT2D eigenvalue weighted by atomic mass is 16.2. The van der Waals surface area contributed by atoms with Crippen molar-refractivity contribution in [3.05, 3.63) is 0 Å². The van der Waals surface area contributed by atoms with E-state index >= 15 is 0 Å². The molecule has 3 fully saturated rings. The average molecular weight is 266 g/mol. The van der Waals surface area contributed by atoms with Crippen LogP contribution in [0, 0.1) is 5.92 Å². The van der Waals surface area contributed by atoms with Gasteiger partial charge in [0.2, 0.25) is 0 Å². The van der Waals surface area contributed by atoms with Crippen LogP contribution in [-0.4, -0.2) is 79.1 Å². The molecular formula is C14H26N4O. The fourth-order valence-electron chi connectivity index (χ4n) is 3.29. The van der Waals surface area contributed by atoms with Crippen molar-refractivity contribution in [2.45, 2.75) is 25.8 Å². The van der Waals surface area contributed by atoms with Crippen LogP contribution in [-0.2, 0) is 0 Å². The molecule has 0 aromatic carbocycles. The number of hydrogen-bond acceptors (Lipinski definition) is 3. The number of amides is 2. The summed E-state index contributed by atoms with van der Waals surface area (Å²) in [6.45, 7) is 10.5. The Balaban J connectivity index is 1.43. The maximum absolute atomic E-state index is 12.3. The number of carbonyl (C=O) groups excluding carboxylic acids is 1. The molecule has 3 aliphatic heterocycles. The molecule has 0 bridgehead atoms. The van der Waals surface area contributed by atoms with Crippen molar-refractivity contribution in [3.8, 4) is 0 Å². The van der Waals surface area contributed by atoms with Gasteiger partial charge in [-0.2, -0.15) is 0 Å². The van der Waals surface area contributed by atoms with Gasteiger partial charge in [-0.3, -0.25) is 4.90 Å². The number of nitrogens with zero attached hydrogens (tertiary/aromatic N) is 3. The molecule has 3 aliphatic rings. The number of nitrogens with one attached hydrogen (secondary N) is 1. The summed E-state index contributed by atoms with van der Waals surface area (Å²) in [6.07, 6.45) is 2.33. The maximum Gasteiger partial charge on any atom is 0.320 e. The van der Waals surface area contributed by atoms with E-state index in [0.29, 0.717) is 6.04 Å². The van der Waals surface area contributed by atoms with Crippen LogP contribution in [0.2, 0.25) is 0 Å². The van der Waals surface area contributed by atoms with Crippen molar-refractivity contribution in [2.24, 2.45) is 5.92 Å². The van der Waals surface area contributed by atoms with Crippen LogP contribution in [0.4, 0.5) is 4.79 Å². The van der Waals surface area contributed by atoms with Crippen LogP contribution >= 0.6 is 0 Å². The van der Waals surface area contributed by atoms with Crippen LogP contribution < -0.4 is 5.32 Å². The van der Waals surface area contributed by atoms with Crippen molar-refractivity contribution in [2.75, 3.05) is 52.4 Å². The minimum absolute atomic E-state index is 0.276. The van der Waals surface area contributed by atoms with Crippen LogP contribution in [0.15, 0.2) is 0 Å². The molecule has 108 valence electrons. The van der Waals surface area contributed by atoms with E-state index in [4.69, 9.17) is 0 Å². The van der Waals surface area contributed by atoms with Crippen LogP contribution in [0.3, 0.4) is 0 Å². The van der Waals surface area contributed by atoms with E-state index in [1.54, 1.807) is 0 Å². The third-order valence-corrected chi connectivity index (χ3v) is 4.85. The second kappa shape index (κ2) is 5.67. The molecule has 19 heavy (non-hydrogen) atoms. The smallest absolute Gasteiger partial charge is 0.320 e. The van der Waals surface area contributed by atoms with Gasteiger partial charge in [0.05, 0.1) is 0 Å². The third kappa shape index (κ3) is 2.87. The Bertz CT molecular complexity index is 315. The number of piperidine rings is 1. The highest BCUT2D eigenvalue weighted by molar-refractivity contribution is 5.75. The minimum atomic E-state index is 0.276. The number of carbonyl (C=O) groups is 1. The lowest BCUT2D eigenvalue weighted by molar-refractivity contribution is 0.0329. The van der Waals surface area contributed by atoms with Crippen molar-refractivity contribution in [1.29, 1.82) is 0 Å². The van der Waals surface area contributed by atoms with Crippen LogP contribution in [0.25, 0.3) is 0 Å². The molecule has 0 aliphatic carbocycles. The lowest BCUT2D eigenvalue weighted by Gasteiger charge is -2.48. The molecule has 0 radical (unpaired) electrons. The summed E-state index contributed by atoms with van der Waals surface area (Å²) in [5.41, 5.74) is 0. The first-order chi connectivity index (χ1) is 9.24. The summed E-state index contributed by atoms with van der Waals surface area (Å²) >= 11 is 0. The molecule has 3 rings (SSSR count). The Morgan fingerprint density at radius 2 is 1.63 bits per heavy atom. The predicted octanol–water partition coefficient (Wildman–Crippen LogP) is 0.428. The van der Waals surface area contributed by atoms with E-state index in [1.807, 2.05) is 9.80 Å². The molecule has 0 aromatic heterocycles. The molecule has 2 amide bonds. The van der Waals surface area contributed by atoms with Gasteiger partial charge in [0.15, 0.2) is 0 Å². The predicted molar refractivity (Wildman–Crippen MR) is 75.2 cm³/mol. The Hall–Kier alpha value is -0.810. The van der Waals surface area contributed by atoms with E-state index in [1.165, 1.54) is 12.8 Å². The maximum atomic E-state index is 12.3. The van der Waals surface area contributed by atoms with Gasteiger partial charge in [0, 0.05) is 58.4 Å². The first kappa shape index (κ1) is 13.2. The summed E-state index contributed by atoms with van der Waals surface area (Å²) in [7, 11) is 0.